The van der Waals surface area contributed by atoms with E-state index < -0.39 is 5.97 Å². The van der Waals surface area contributed by atoms with Gasteiger partial charge in [-0.1, -0.05) is 41.9 Å². The lowest BCUT2D eigenvalue weighted by atomic mass is 10.0. The zero-order valence-corrected chi connectivity index (χ0v) is 11.1. The first-order valence-corrected chi connectivity index (χ1v) is 6.13. The standard InChI is InChI=1S/C15H13ClO3/c1-19-14-9-13(16)11(8-15(17)18)7-12(14)10-5-3-2-4-6-10/h2-7,9H,8H2,1H3,(H,17,18). The lowest BCUT2D eigenvalue weighted by molar-refractivity contribution is -0.136. The maximum Gasteiger partial charge on any atom is 0.307 e. The van der Waals surface area contributed by atoms with Crippen molar-refractivity contribution in [2.45, 2.75) is 6.42 Å². The van der Waals surface area contributed by atoms with Crippen LogP contribution in [0.4, 0.5) is 0 Å². The number of carbonyl (C=O) groups is 1. The SMILES string of the molecule is COc1cc(Cl)c(CC(=O)O)cc1-c1ccccc1. The molecule has 3 nitrogen and oxygen atoms in total. The Morgan fingerprint density at radius 3 is 2.53 bits per heavy atom. The molecule has 19 heavy (non-hydrogen) atoms. The molecule has 0 saturated heterocycles. The lowest BCUT2D eigenvalue weighted by Gasteiger charge is -2.12. The largest absolute Gasteiger partial charge is 0.496 e. The second kappa shape index (κ2) is 5.76. The maximum absolute atomic E-state index is 10.8. The average Bonchev–Trinajstić information content (AvgIpc) is 2.41. The Bertz CT molecular complexity index is 594. The summed E-state index contributed by atoms with van der Waals surface area (Å²) in [6.45, 7) is 0. The topological polar surface area (TPSA) is 46.5 Å². The Balaban J connectivity index is 2.55. The molecular weight excluding hydrogens is 264 g/mol. The molecule has 0 bridgehead atoms. The minimum Gasteiger partial charge on any atom is -0.496 e. The number of aliphatic carboxylic acids is 1. The van der Waals surface area contributed by atoms with Gasteiger partial charge in [0.15, 0.2) is 0 Å². The molecule has 2 aromatic rings. The third kappa shape index (κ3) is 3.06. The van der Waals surface area contributed by atoms with Crippen molar-refractivity contribution in [2.75, 3.05) is 7.11 Å². The summed E-state index contributed by atoms with van der Waals surface area (Å²) in [5.41, 5.74) is 2.38. The monoisotopic (exact) mass is 276 g/mol. The third-order valence-electron chi connectivity index (χ3n) is 2.79. The van der Waals surface area contributed by atoms with Crippen molar-refractivity contribution >= 4 is 17.6 Å². The Morgan fingerprint density at radius 2 is 1.95 bits per heavy atom. The van der Waals surface area contributed by atoms with Crippen LogP contribution in [-0.2, 0) is 11.2 Å². The summed E-state index contributed by atoms with van der Waals surface area (Å²) in [5.74, 6) is -0.281. The van der Waals surface area contributed by atoms with Gasteiger partial charge in [-0.2, -0.15) is 0 Å². The van der Waals surface area contributed by atoms with E-state index in [-0.39, 0.29) is 6.42 Å². The molecule has 0 spiro atoms. The molecule has 0 aliphatic rings. The quantitative estimate of drug-likeness (QED) is 0.927. The van der Waals surface area contributed by atoms with Crippen molar-refractivity contribution in [2.24, 2.45) is 0 Å². The van der Waals surface area contributed by atoms with Crippen molar-refractivity contribution < 1.29 is 14.6 Å². The molecule has 0 aliphatic carbocycles. The minimum atomic E-state index is -0.911. The van der Waals surface area contributed by atoms with Crippen LogP contribution in [0.2, 0.25) is 5.02 Å². The van der Waals surface area contributed by atoms with Crippen molar-refractivity contribution in [3.63, 3.8) is 0 Å². The van der Waals surface area contributed by atoms with Crippen molar-refractivity contribution in [1.82, 2.24) is 0 Å². The van der Waals surface area contributed by atoms with Crippen LogP contribution >= 0.6 is 11.6 Å². The van der Waals surface area contributed by atoms with Gasteiger partial charge in [0.2, 0.25) is 0 Å². The first-order chi connectivity index (χ1) is 9.11. The smallest absolute Gasteiger partial charge is 0.307 e. The van der Waals surface area contributed by atoms with E-state index in [0.29, 0.717) is 16.3 Å². The van der Waals surface area contributed by atoms with E-state index >= 15 is 0 Å². The predicted octanol–water partition coefficient (Wildman–Crippen LogP) is 3.64. The number of carboxylic acid groups (broad SMARTS) is 1. The molecule has 0 radical (unpaired) electrons. The Morgan fingerprint density at radius 1 is 1.26 bits per heavy atom. The average molecular weight is 277 g/mol. The molecule has 0 aliphatic heterocycles. The molecule has 98 valence electrons. The molecule has 4 heteroatoms. The van der Waals surface area contributed by atoms with Gasteiger partial charge in [0.05, 0.1) is 13.5 Å². The summed E-state index contributed by atoms with van der Waals surface area (Å²) in [6.07, 6.45) is -0.108. The molecule has 2 aromatic carbocycles. The van der Waals surface area contributed by atoms with Gasteiger partial charge >= 0.3 is 5.97 Å². The van der Waals surface area contributed by atoms with Crippen molar-refractivity contribution in [3.8, 4) is 16.9 Å². The maximum atomic E-state index is 10.8. The van der Waals surface area contributed by atoms with Crippen LogP contribution in [0.25, 0.3) is 11.1 Å². The number of methoxy groups -OCH3 is 1. The molecule has 0 saturated carbocycles. The van der Waals surface area contributed by atoms with Crippen LogP contribution in [0.5, 0.6) is 5.75 Å². The normalized spacial score (nSPS) is 10.2. The molecule has 0 heterocycles. The summed E-state index contributed by atoms with van der Waals surface area (Å²) in [7, 11) is 1.56. The summed E-state index contributed by atoms with van der Waals surface area (Å²) in [4.78, 5) is 10.8. The van der Waals surface area contributed by atoms with Gasteiger partial charge in [-0.05, 0) is 23.3 Å². The number of hydrogen-bond acceptors (Lipinski definition) is 2. The van der Waals surface area contributed by atoms with E-state index in [0.717, 1.165) is 11.1 Å². The number of carboxylic acids is 1. The van der Waals surface area contributed by atoms with Crippen LogP contribution in [0.15, 0.2) is 42.5 Å². The van der Waals surface area contributed by atoms with Crippen LogP contribution < -0.4 is 4.74 Å². The minimum absolute atomic E-state index is 0.108. The first kappa shape index (κ1) is 13.4. The summed E-state index contributed by atoms with van der Waals surface area (Å²) in [6, 6.07) is 13.1. The number of halogens is 1. The highest BCUT2D eigenvalue weighted by molar-refractivity contribution is 6.31. The zero-order chi connectivity index (χ0) is 13.8. The fraction of sp³-hybridized carbons (Fsp3) is 0.133. The molecule has 0 fully saturated rings. The van der Waals surface area contributed by atoms with Crippen LogP contribution in [0.1, 0.15) is 5.56 Å². The molecule has 1 N–H and O–H groups in total. The summed E-state index contributed by atoms with van der Waals surface area (Å²) >= 11 is 6.07. The number of ether oxygens (including phenoxy) is 1. The third-order valence-corrected chi connectivity index (χ3v) is 3.15. The second-order valence-corrected chi connectivity index (χ2v) is 4.49. The number of hydrogen-bond donors (Lipinski definition) is 1. The van der Waals surface area contributed by atoms with Gasteiger partial charge in [0.25, 0.3) is 0 Å². The number of rotatable bonds is 4. The van der Waals surface area contributed by atoms with Crippen LogP contribution in [0, 0.1) is 0 Å². The molecular formula is C15H13ClO3. The van der Waals surface area contributed by atoms with Crippen LogP contribution in [-0.4, -0.2) is 18.2 Å². The highest BCUT2D eigenvalue weighted by Crippen LogP contribution is 2.34. The predicted molar refractivity (Wildman–Crippen MR) is 74.8 cm³/mol. The van der Waals surface area contributed by atoms with E-state index in [1.54, 1.807) is 19.2 Å². The van der Waals surface area contributed by atoms with Gasteiger partial charge in [-0.25, -0.2) is 0 Å². The fourth-order valence-electron chi connectivity index (χ4n) is 1.91. The van der Waals surface area contributed by atoms with Gasteiger partial charge in [0.1, 0.15) is 5.75 Å². The van der Waals surface area contributed by atoms with E-state index in [4.69, 9.17) is 21.4 Å². The molecule has 0 amide bonds. The van der Waals surface area contributed by atoms with Gasteiger partial charge in [0, 0.05) is 10.6 Å². The highest BCUT2D eigenvalue weighted by atomic mass is 35.5. The number of benzene rings is 2. The Kier molecular flexibility index (Phi) is 4.07. The molecule has 0 atom stereocenters. The molecule has 0 unspecified atom stereocenters. The Hall–Kier alpha value is -2.00. The fourth-order valence-corrected chi connectivity index (χ4v) is 2.13. The van der Waals surface area contributed by atoms with E-state index in [1.807, 2.05) is 30.3 Å². The van der Waals surface area contributed by atoms with E-state index in [2.05, 4.69) is 0 Å². The van der Waals surface area contributed by atoms with Crippen LogP contribution in [0.3, 0.4) is 0 Å². The molecule has 2 rings (SSSR count). The first-order valence-electron chi connectivity index (χ1n) is 5.75. The van der Waals surface area contributed by atoms with Crippen molar-refractivity contribution in [3.05, 3.63) is 53.1 Å². The lowest BCUT2D eigenvalue weighted by Crippen LogP contribution is -2.01. The van der Waals surface area contributed by atoms with Gasteiger partial charge in [-0.3, -0.25) is 4.79 Å². The summed E-state index contributed by atoms with van der Waals surface area (Å²) in [5, 5.41) is 9.29. The van der Waals surface area contributed by atoms with E-state index in [1.165, 1.54) is 0 Å². The van der Waals surface area contributed by atoms with Gasteiger partial charge in [-0.15, -0.1) is 0 Å². The van der Waals surface area contributed by atoms with Gasteiger partial charge < -0.3 is 9.84 Å². The molecule has 0 aromatic heterocycles. The summed E-state index contributed by atoms with van der Waals surface area (Å²) < 4.78 is 5.31. The zero-order valence-electron chi connectivity index (χ0n) is 10.4. The second-order valence-electron chi connectivity index (χ2n) is 4.08. The van der Waals surface area contributed by atoms with E-state index in [9.17, 15) is 4.79 Å². The van der Waals surface area contributed by atoms with Crippen molar-refractivity contribution in [1.29, 1.82) is 0 Å². The highest BCUT2D eigenvalue weighted by Gasteiger charge is 2.13. The Labute approximate surface area is 116 Å².